The van der Waals surface area contributed by atoms with Crippen molar-refractivity contribution in [2.45, 2.75) is 38.1 Å². The van der Waals surface area contributed by atoms with Crippen molar-refractivity contribution in [2.24, 2.45) is 0 Å². The molecule has 6 heteroatoms. The third kappa shape index (κ3) is 4.13. The van der Waals surface area contributed by atoms with Crippen LogP contribution in [-0.2, 0) is 11.2 Å². The number of fused-ring (bicyclic) bond motifs is 1. The second-order valence-corrected chi connectivity index (χ2v) is 6.46. The molecule has 0 aliphatic carbocycles. The molecule has 2 aromatic heterocycles. The van der Waals surface area contributed by atoms with Crippen molar-refractivity contribution in [1.29, 1.82) is 0 Å². The zero-order valence-corrected chi connectivity index (χ0v) is 14.0. The molecular formula is C18H26N4O2. The Morgan fingerprint density at radius 1 is 1.46 bits per heavy atom. The zero-order chi connectivity index (χ0) is 16.8. The van der Waals surface area contributed by atoms with Crippen LogP contribution in [0.5, 0.6) is 0 Å². The van der Waals surface area contributed by atoms with Crippen LogP contribution in [-0.4, -0.2) is 58.2 Å². The number of carbonyl (C=O) groups is 1. The van der Waals surface area contributed by atoms with Gasteiger partial charge < -0.3 is 15.4 Å². The van der Waals surface area contributed by atoms with E-state index in [4.69, 9.17) is 0 Å². The third-order valence-electron chi connectivity index (χ3n) is 4.79. The van der Waals surface area contributed by atoms with Crippen LogP contribution < -0.4 is 5.32 Å². The first-order valence-electron chi connectivity index (χ1n) is 8.80. The van der Waals surface area contributed by atoms with Gasteiger partial charge in [-0.25, -0.2) is 4.98 Å². The largest absolute Gasteiger partial charge is 0.395 e. The number of nitrogens with zero attached hydrogens (tertiary/aromatic N) is 2. The van der Waals surface area contributed by atoms with E-state index in [-0.39, 0.29) is 12.5 Å². The fourth-order valence-electron chi connectivity index (χ4n) is 3.46. The quantitative estimate of drug-likeness (QED) is 0.640. The van der Waals surface area contributed by atoms with Crippen LogP contribution in [0.1, 0.15) is 31.2 Å². The Morgan fingerprint density at radius 2 is 2.38 bits per heavy atom. The summed E-state index contributed by atoms with van der Waals surface area (Å²) in [6, 6.07) is 4.21. The molecule has 1 unspecified atom stereocenters. The van der Waals surface area contributed by atoms with Gasteiger partial charge in [0.2, 0.25) is 5.91 Å². The molecular weight excluding hydrogens is 304 g/mol. The SMILES string of the molecule is O=C(Cc1c[nH]c2ncccc12)NCCCCN1CCCC1CO. The number of hydrogen-bond acceptors (Lipinski definition) is 4. The lowest BCUT2D eigenvalue weighted by Crippen LogP contribution is -2.33. The third-order valence-corrected chi connectivity index (χ3v) is 4.79. The van der Waals surface area contributed by atoms with Crippen LogP contribution in [0, 0.1) is 0 Å². The number of carbonyl (C=O) groups excluding carboxylic acids is 1. The molecule has 1 aliphatic rings. The van der Waals surface area contributed by atoms with E-state index in [0.29, 0.717) is 19.0 Å². The highest BCUT2D eigenvalue weighted by molar-refractivity contribution is 5.86. The topological polar surface area (TPSA) is 81.2 Å². The molecule has 130 valence electrons. The van der Waals surface area contributed by atoms with Gasteiger partial charge in [-0.05, 0) is 56.5 Å². The molecule has 3 heterocycles. The second kappa shape index (κ2) is 8.26. The van der Waals surface area contributed by atoms with Crippen molar-refractivity contribution in [2.75, 3.05) is 26.2 Å². The first kappa shape index (κ1) is 16.9. The van der Waals surface area contributed by atoms with Crippen molar-refractivity contribution in [3.8, 4) is 0 Å². The molecule has 2 aromatic rings. The highest BCUT2D eigenvalue weighted by Crippen LogP contribution is 2.17. The van der Waals surface area contributed by atoms with E-state index in [1.807, 2.05) is 18.3 Å². The van der Waals surface area contributed by atoms with Gasteiger partial charge in [-0.2, -0.15) is 0 Å². The van der Waals surface area contributed by atoms with Gasteiger partial charge in [0.05, 0.1) is 13.0 Å². The number of aliphatic hydroxyl groups excluding tert-OH is 1. The summed E-state index contributed by atoms with van der Waals surface area (Å²) < 4.78 is 0. The van der Waals surface area contributed by atoms with Crippen LogP contribution in [0.15, 0.2) is 24.5 Å². The number of pyridine rings is 1. The Morgan fingerprint density at radius 3 is 3.25 bits per heavy atom. The number of amides is 1. The van der Waals surface area contributed by atoms with Gasteiger partial charge in [-0.15, -0.1) is 0 Å². The van der Waals surface area contributed by atoms with Gasteiger partial charge in [0, 0.05) is 30.4 Å². The Bertz CT molecular complexity index is 670. The number of unbranched alkanes of at least 4 members (excludes halogenated alkanes) is 1. The maximum atomic E-state index is 12.1. The van der Waals surface area contributed by atoms with Gasteiger partial charge in [-0.1, -0.05) is 0 Å². The summed E-state index contributed by atoms with van der Waals surface area (Å²) in [6.07, 6.45) is 8.28. The Balaban J connectivity index is 1.36. The molecule has 3 rings (SSSR count). The monoisotopic (exact) mass is 330 g/mol. The molecule has 1 amide bonds. The average Bonchev–Trinajstić information content (AvgIpc) is 3.21. The molecule has 0 aromatic carbocycles. The van der Waals surface area contributed by atoms with E-state index in [1.165, 1.54) is 6.42 Å². The molecule has 0 spiro atoms. The fourth-order valence-corrected chi connectivity index (χ4v) is 3.46. The highest BCUT2D eigenvalue weighted by Gasteiger charge is 2.22. The van der Waals surface area contributed by atoms with Crippen molar-refractivity contribution in [3.05, 3.63) is 30.1 Å². The molecule has 0 radical (unpaired) electrons. The van der Waals surface area contributed by atoms with Gasteiger partial charge in [0.1, 0.15) is 5.65 Å². The first-order valence-corrected chi connectivity index (χ1v) is 8.80. The average molecular weight is 330 g/mol. The van der Waals surface area contributed by atoms with Crippen LogP contribution in [0.25, 0.3) is 11.0 Å². The normalized spacial score (nSPS) is 18.3. The van der Waals surface area contributed by atoms with Gasteiger partial charge in [-0.3, -0.25) is 9.69 Å². The minimum Gasteiger partial charge on any atom is -0.395 e. The summed E-state index contributed by atoms with van der Waals surface area (Å²) in [5, 5.41) is 13.3. The van der Waals surface area contributed by atoms with Crippen LogP contribution in [0.2, 0.25) is 0 Å². The molecule has 1 aliphatic heterocycles. The maximum absolute atomic E-state index is 12.1. The van der Waals surface area contributed by atoms with E-state index in [0.717, 1.165) is 48.9 Å². The van der Waals surface area contributed by atoms with Crippen molar-refractivity contribution >= 4 is 16.9 Å². The molecule has 0 saturated carbocycles. The summed E-state index contributed by atoms with van der Waals surface area (Å²) in [5.74, 6) is 0.0501. The smallest absolute Gasteiger partial charge is 0.224 e. The predicted octanol–water partition coefficient (Wildman–Crippen LogP) is 1.46. The summed E-state index contributed by atoms with van der Waals surface area (Å²) in [5.41, 5.74) is 1.81. The number of likely N-dealkylation sites (tertiary alicyclic amines) is 1. The molecule has 0 bridgehead atoms. The lowest BCUT2D eigenvalue weighted by molar-refractivity contribution is -0.120. The van der Waals surface area contributed by atoms with Crippen LogP contribution in [0.4, 0.5) is 0 Å². The number of nitrogens with one attached hydrogen (secondary N) is 2. The molecule has 3 N–H and O–H groups in total. The summed E-state index contributed by atoms with van der Waals surface area (Å²) in [4.78, 5) is 21.8. The molecule has 6 nitrogen and oxygen atoms in total. The fraction of sp³-hybridized carbons (Fsp3) is 0.556. The molecule has 1 saturated heterocycles. The van der Waals surface area contributed by atoms with Crippen molar-refractivity contribution < 1.29 is 9.90 Å². The Hall–Kier alpha value is -1.92. The highest BCUT2D eigenvalue weighted by atomic mass is 16.3. The van der Waals surface area contributed by atoms with Gasteiger partial charge in [0.25, 0.3) is 0 Å². The number of aromatic nitrogens is 2. The maximum Gasteiger partial charge on any atom is 0.224 e. The molecule has 1 atom stereocenters. The minimum absolute atomic E-state index is 0.0501. The van der Waals surface area contributed by atoms with Crippen molar-refractivity contribution in [3.63, 3.8) is 0 Å². The van der Waals surface area contributed by atoms with E-state index >= 15 is 0 Å². The number of rotatable bonds is 8. The Labute approximate surface area is 142 Å². The lowest BCUT2D eigenvalue weighted by Gasteiger charge is -2.22. The van der Waals surface area contributed by atoms with Crippen molar-refractivity contribution in [1.82, 2.24) is 20.2 Å². The standard InChI is InChI=1S/C18H26N4O2/c23-13-15-5-4-10-22(15)9-2-1-7-19-17(24)11-14-12-21-18-16(14)6-3-8-20-18/h3,6,8,12,15,23H,1-2,4-5,7,9-11,13H2,(H,19,24)(H,20,21). The minimum atomic E-state index is 0.0501. The number of H-pyrrole nitrogens is 1. The summed E-state index contributed by atoms with van der Waals surface area (Å²) in [6.45, 7) is 3.06. The van der Waals surface area contributed by atoms with Gasteiger partial charge in [0.15, 0.2) is 0 Å². The van der Waals surface area contributed by atoms with Crippen LogP contribution >= 0.6 is 0 Å². The van der Waals surface area contributed by atoms with E-state index in [9.17, 15) is 9.90 Å². The lowest BCUT2D eigenvalue weighted by atomic mass is 10.1. The first-order chi connectivity index (χ1) is 11.8. The summed E-state index contributed by atoms with van der Waals surface area (Å²) >= 11 is 0. The second-order valence-electron chi connectivity index (χ2n) is 6.46. The number of aliphatic hydroxyl groups is 1. The molecule has 1 fully saturated rings. The Kier molecular flexibility index (Phi) is 5.82. The van der Waals surface area contributed by atoms with E-state index in [1.54, 1.807) is 6.20 Å². The van der Waals surface area contributed by atoms with E-state index in [2.05, 4.69) is 20.2 Å². The van der Waals surface area contributed by atoms with Gasteiger partial charge >= 0.3 is 0 Å². The predicted molar refractivity (Wildman–Crippen MR) is 93.7 cm³/mol. The zero-order valence-electron chi connectivity index (χ0n) is 14.0. The number of hydrogen-bond donors (Lipinski definition) is 3. The van der Waals surface area contributed by atoms with Crippen LogP contribution in [0.3, 0.4) is 0 Å². The summed E-state index contributed by atoms with van der Waals surface area (Å²) in [7, 11) is 0. The number of aromatic amines is 1. The molecule has 24 heavy (non-hydrogen) atoms. The van der Waals surface area contributed by atoms with E-state index < -0.39 is 0 Å².